The number of hydrogen-bond donors (Lipinski definition) is 1. The second kappa shape index (κ2) is 7.84. The molecule has 0 radical (unpaired) electrons. The molecule has 0 aromatic heterocycles. The molecule has 0 saturated heterocycles. The van der Waals surface area contributed by atoms with Crippen LogP contribution in [-0.4, -0.2) is 13.2 Å². The molecule has 2 rings (SSSR count). The summed E-state index contributed by atoms with van der Waals surface area (Å²) in [5, 5.41) is 2.81. The summed E-state index contributed by atoms with van der Waals surface area (Å²) >= 11 is 3.48. The minimum absolute atomic E-state index is 0.177. The van der Waals surface area contributed by atoms with E-state index in [1.54, 1.807) is 7.11 Å². The van der Waals surface area contributed by atoms with Gasteiger partial charge in [-0.15, -0.1) is 0 Å². The summed E-state index contributed by atoms with van der Waals surface area (Å²) in [5.74, 6) is 0.759. The summed E-state index contributed by atoms with van der Waals surface area (Å²) in [5.41, 5.74) is 1.91. The number of rotatable bonds is 5. The van der Waals surface area contributed by atoms with Crippen molar-refractivity contribution in [2.24, 2.45) is 0 Å². The van der Waals surface area contributed by atoms with Crippen LogP contribution in [0.25, 0.3) is 0 Å². The number of ether oxygens (including phenoxy) is 2. The zero-order chi connectivity index (χ0) is 15.9. The highest BCUT2D eigenvalue weighted by molar-refractivity contribution is 9.10. The topological polar surface area (TPSA) is 47.6 Å². The van der Waals surface area contributed by atoms with Gasteiger partial charge >= 0.3 is 6.09 Å². The predicted octanol–water partition coefficient (Wildman–Crippen LogP) is 4.45. The molecule has 4 nitrogen and oxygen atoms in total. The average molecular weight is 364 g/mol. The molecule has 0 unspecified atom stereocenters. The molecule has 22 heavy (non-hydrogen) atoms. The number of carbonyl (C=O) groups excluding carboxylic acids is 1. The van der Waals surface area contributed by atoms with E-state index in [0.29, 0.717) is 0 Å². The molecule has 0 aliphatic rings. The van der Waals surface area contributed by atoms with E-state index < -0.39 is 6.09 Å². The van der Waals surface area contributed by atoms with Gasteiger partial charge < -0.3 is 14.8 Å². The third kappa shape index (κ3) is 4.49. The number of hydrogen-bond acceptors (Lipinski definition) is 3. The Labute approximate surface area is 138 Å². The molecule has 2 aromatic rings. The minimum atomic E-state index is -0.445. The number of halogens is 1. The molecule has 1 amide bonds. The fraction of sp³-hybridized carbons (Fsp3) is 0.235. The first-order valence-electron chi connectivity index (χ1n) is 6.91. The Hall–Kier alpha value is -2.01. The molecule has 0 spiro atoms. The predicted molar refractivity (Wildman–Crippen MR) is 88.9 cm³/mol. The van der Waals surface area contributed by atoms with Crippen LogP contribution in [0.2, 0.25) is 0 Å². The first-order valence-corrected chi connectivity index (χ1v) is 7.70. The minimum Gasteiger partial charge on any atom is -0.497 e. The largest absolute Gasteiger partial charge is 0.497 e. The zero-order valence-corrected chi connectivity index (χ0v) is 14.1. The first kappa shape index (κ1) is 16.4. The summed E-state index contributed by atoms with van der Waals surface area (Å²) in [7, 11) is 1.62. The van der Waals surface area contributed by atoms with Crippen molar-refractivity contribution in [2.75, 3.05) is 7.11 Å². The van der Waals surface area contributed by atoms with Crippen molar-refractivity contribution in [3.05, 3.63) is 64.1 Å². The lowest BCUT2D eigenvalue weighted by Gasteiger charge is -2.16. The number of alkyl carbamates (subject to hydrolysis) is 1. The van der Waals surface area contributed by atoms with Crippen molar-refractivity contribution in [2.45, 2.75) is 19.6 Å². The van der Waals surface area contributed by atoms with Crippen molar-refractivity contribution in [1.82, 2.24) is 5.32 Å². The Morgan fingerprint density at radius 2 is 1.95 bits per heavy atom. The van der Waals surface area contributed by atoms with Crippen LogP contribution < -0.4 is 10.1 Å². The van der Waals surface area contributed by atoms with E-state index in [9.17, 15) is 4.79 Å². The fourth-order valence-corrected chi connectivity index (χ4v) is 2.71. The van der Waals surface area contributed by atoms with Gasteiger partial charge in [-0.2, -0.15) is 0 Å². The molecule has 0 heterocycles. The second-order valence-corrected chi connectivity index (χ2v) is 5.67. The third-order valence-electron chi connectivity index (χ3n) is 3.22. The lowest BCUT2D eigenvalue weighted by Crippen LogP contribution is -2.27. The van der Waals surface area contributed by atoms with E-state index in [4.69, 9.17) is 9.47 Å². The molecule has 5 heteroatoms. The molecule has 2 aromatic carbocycles. The van der Waals surface area contributed by atoms with Crippen LogP contribution in [0.15, 0.2) is 53.0 Å². The fourth-order valence-electron chi connectivity index (χ4n) is 2.01. The van der Waals surface area contributed by atoms with Crippen molar-refractivity contribution < 1.29 is 14.3 Å². The highest BCUT2D eigenvalue weighted by Gasteiger charge is 2.13. The van der Waals surface area contributed by atoms with Gasteiger partial charge in [0, 0.05) is 4.47 Å². The van der Waals surface area contributed by atoms with E-state index in [1.807, 2.05) is 55.5 Å². The highest BCUT2D eigenvalue weighted by Crippen LogP contribution is 2.27. The lowest BCUT2D eigenvalue weighted by atomic mass is 10.1. The Kier molecular flexibility index (Phi) is 5.83. The molecule has 1 atom stereocenters. The monoisotopic (exact) mass is 363 g/mol. The van der Waals surface area contributed by atoms with Crippen LogP contribution in [0.1, 0.15) is 24.1 Å². The van der Waals surface area contributed by atoms with E-state index in [-0.39, 0.29) is 12.6 Å². The number of benzene rings is 2. The Balaban J connectivity index is 1.91. The lowest BCUT2D eigenvalue weighted by molar-refractivity contribution is 0.136. The summed E-state index contributed by atoms with van der Waals surface area (Å²) in [6.45, 7) is 2.15. The van der Waals surface area contributed by atoms with E-state index in [0.717, 1.165) is 21.3 Å². The number of methoxy groups -OCH3 is 1. The standard InChI is InChI=1S/C17H18BrNO3/c1-12(15-9-8-14(21-2)10-16(15)18)19-17(20)22-11-13-6-4-3-5-7-13/h3-10,12H,11H2,1-2H3,(H,19,20)/t12-/m0/s1. The van der Waals surface area contributed by atoms with Gasteiger partial charge in [-0.1, -0.05) is 52.3 Å². The SMILES string of the molecule is COc1ccc([C@H](C)NC(=O)OCc2ccccc2)c(Br)c1. The third-order valence-corrected chi connectivity index (χ3v) is 3.91. The maximum Gasteiger partial charge on any atom is 0.407 e. The zero-order valence-electron chi connectivity index (χ0n) is 12.5. The van der Waals surface area contributed by atoms with Gasteiger partial charge in [0.25, 0.3) is 0 Å². The summed E-state index contributed by atoms with van der Waals surface area (Å²) < 4.78 is 11.2. The molecule has 116 valence electrons. The Morgan fingerprint density at radius 3 is 2.59 bits per heavy atom. The average Bonchev–Trinajstić information content (AvgIpc) is 2.53. The van der Waals surface area contributed by atoms with Gasteiger partial charge in [0.15, 0.2) is 0 Å². The Morgan fingerprint density at radius 1 is 1.23 bits per heavy atom. The molecule has 0 aliphatic carbocycles. The molecule has 0 bridgehead atoms. The molecular formula is C17H18BrNO3. The maximum absolute atomic E-state index is 11.9. The van der Waals surface area contributed by atoms with Crippen molar-refractivity contribution in [3.63, 3.8) is 0 Å². The summed E-state index contributed by atoms with van der Waals surface area (Å²) in [6, 6.07) is 15.0. The van der Waals surface area contributed by atoms with Crippen LogP contribution in [0.5, 0.6) is 5.75 Å². The Bertz CT molecular complexity index is 631. The summed E-state index contributed by atoms with van der Waals surface area (Å²) in [4.78, 5) is 11.9. The van der Waals surface area contributed by atoms with Crippen molar-refractivity contribution in [3.8, 4) is 5.75 Å². The van der Waals surface area contributed by atoms with E-state index in [2.05, 4.69) is 21.2 Å². The second-order valence-electron chi connectivity index (χ2n) is 4.82. The van der Waals surface area contributed by atoms with Gasteiger partial charge in [0.2, 0.25) is 0 Å². The number of nitrogens with one attached hydrogen (secondary N) is 1. The van der Waals surface area contributed by atoms with E-state index in [1.165, 1.54) is 0 Å². The van der Waals surface area contributed by atoms with Gasteiger partial charge in [-0.05, 0) is 30.2 Å². The van der Waals surface area contributed by atoms with Gasteiger partial charge in [0.05, 0.1) is 13.2 Å². The number of carbonyl (C=O) groups is 1. The van der Waals surface area contributed by atoms with E-state index >= 15 is 0 Å². The van der Waals surface area contributed by atoms with Gasteiger partial charge in [-0.3, -0.25) is 0 Å². The van der Waals surface area contributed by atoms with Gasteiger partial charge in [0.1, 0.15) is 12.4 Å². The first-order chi connectivity index (χ1) is 10.6. The van der Waals surface area contributed by atoms with Crippen LogP contribution in [-0.2, 0) is 11.3 Å². The van der Waals surface area contributed by atoms with Crippen LogP contribution >= 0.6 is 15.9 Å². The normalized spacial score (nSPS) is 11.6. The van der Waals surface area contributed by atoms with Crippen molar-refractivity contribution in [1.29, 1.82) is 0 Å². The van der Waals surface area contributed by atoms with Crippen LogP contribution in [0.3, 0.4) is 0 Å². The summed E-state index contributed by atoms with van der Waals surface area (Å²) in [6.07, 6.45) is -0.445. The van der Waals surface area contributed by atoms with Gasteiger partial charge in [-0.25, -0.2) is 4.79 Å². The molecular weight excluding hydrogens is 346 g/mol. The van der Waals surface area contributed by atoms with Crippen LogP contribution in [0, 0.1) is 0 Å². The molecule has 0 fully saturated rings. The van der Waals surface area contributed by atoms with Crippen LogP contribution in [0.4, 0.5) is 4.79 Å². The highest BCUT2D eigenvalue weighted by atomic mass is 79.9. The quantitative estimate of drug-likeness (QED) is 0.853. The van der Waals surface area contributed by atoms with Crippen molar-refractivity contribution >= 4 is 22.0 Å². The molecule has 0 saturated carbocycles. The smallest absolute Gasteiger partial charge is 0.407 e. The number of amides is 1. The maximum atomic E-state index is 11.9. The molecule has 1 N–H and O–H groups in total. The molecule has 0 aliphatic heterocycles.